The van der Waals surface area contributed by atoms with E-state index in [-0.39, 0.29) is 10.6 Å². The van der Waals surface area contributed by atoms with Gasteiger partial charge in [-0.05, 0) is 18.2 Å². The van der Waals surface area contributed by atoms with Crippen LogP contribution in [0.15, 0.2) is 35.6 Å². The standard InChI is InChI=1S/C12H7Cl3FN3/c13-7-4-10(15)12(17-5-7)19-18-6-8-9(14)2-1-3-11(8)16/h1-6H,(H,17,19)/b18-6-. The number of hydrogen-bond donors (Lipinski definition) is 1. The van der Waals surface area contributed by atoms with Gasteiger partial charge in [-0.25, -0.2) is 9.37 Å². The quantitative estimate of drug-likeness (QED) is 0.662. The summed E-state index contributed by atoms with van der Waals surface area (Å²) in [6.07, 6.45) is 2.67. The van der Waals surface area contributed by atoms with Gasteiger partial charge in [-0.1, -0.05) is 40.9 Å². The van der Waals surface area contributed by atoms with E-state index >= 15 is 0 Å². The molecule has 0 spiro atoms. The minimum absolute atomic E-state index is 0.182. The van der Waals surface area contributed by atoms with Gasteiger partial charge in [0, 0.05) is 11.8 Å². The Morgan fingerprint density at radius 1 is 1.21 bits per heavy atom. The first-order valence-corrected chi connectivity index (χ1v) is 6.25. The monoisotopic (exact) mass is 317 g/mol. The average Bonchev–Trinajstić information content (AvgIpc) is 2.35. The highest BCUT2D eigenvalue weighted by Crippen LogP contribution is 2.22. The average molecular weight is 319 g/mol. The number of anilines is 1. The van der Waals surface area contributed by atoms with E-state index in [2.05, 4.69) is 15.5 Å². The van der Waals surface area contributed by atoms with Crippen LogP contribution in [0.1, 0.15) is 5.56 Å². The number of halogens is 4. The summed E-state index contributed by atoms with van der Waals surface area (Å²) in [6.45, 7) is 0. The topological polar surface area (TPSA) is 37.3 Å². The number of nitrogens with one attached hydrogen (secondary N) is 1. The first-order chi connectivity index (χ1) is 9.08. The van der Waals surface area contributed by atoms with Gasteiger partial charge >= 0.3 is 0 Å². The lowest BCUT2D eigenvalue weighted by Gasteiger charge is -2.03. The maximum absolute atomic E-state index is 13.4. The Bertz CT molecular complexity index is 611. The van der Waals surface area contributed by atoms with Crippen LogP contribution in [0.5, 0.6) is 0 Å². The Balaban J connectivity index is 2.16. The summed E-state index contributed by atoms with van der Waals surface area (Å²) >= 11 is 17.4. The molecule has 98 valence electrons. The van der Waals surface area contributed by atoms with Crippen LogP contribution < -0.4 is 5.43 Å². The van der Waals surface area contributed by atoms with Crippen LogP contribution in [0.4, 0.5) is 10.2 Å². The molecule has 1 aromatic carbocycles. The van der Waals surface area contributed by atoms with Crippen molar-refractivity contribution in [3.05, 3.63) is 56.9 Å². The summed E-state index contributed by atoms with van der Waals surface area (Å²) in [5.74, 6) is -0.150. The van der Waals surface area contributed by atoms with Crippen molar-refractivity contribution in [2.45, 2.75) is 0 Å². The fraction of sp³-hybridized carbons (Fsp3) is 0. The van der Waals surface area contributed by atoms with Gasteiger partial charge in [0.05, 0.1) is 21.3 Å². The molecule has 1 heterocycles. The van der Waals surface area contributed by atoms with E-state index in [9.17, 15) is 4.39 Å². The molecule has 19 heavy (non-hydrogen) atoms. The van der Waals surface area contributed by atoms with Gasteiger partial charge in [0.15, 0.2) is 5.82 Å². The third-order valence-electron chi connectivity index (χ3n) is 2.17. The Labute approximate surface area is 124 Å². The van der Waals surface area contributed by atoms with Gasteiger partial charge in [-0.3, -0.25) is 5.43 Å². The number of nitrogens with zero attached hydrogens (tertiary/aromatic N) is 2. The van der Waals surface area contributed by atoms with Crippen molar-refractivity contribution in [3.63, 3.8) is 0 Å². The van der Waals surface area contributed by atoms with E-state index in [1.165, 1.54) is 30.6 Å². The molecule has 0 saturated carbocycles. The zero-order chi connectivity index (χ0) is 13.8. The summed E-state index contributed by atoms with van der Waals surface area (Å²) in [7, 11) is 0. The predicted octanol–water partition coefficient (Wildman–Crippen LogP) is 4.63. The van der Waals surface area contributed by atoms with E-state index in [0.29, 0.717) is 15.9 Å². The van der Waals surface area contributed by atoms with Crippen LogP contribution >= 0.6 is 34.8 Å². The predicted molar refractivity (Wildman–Crippen MR) is 76.9 cm³/mol. The second-order valence-corrected chi connectivity index (χ2v) is 4.74. The van der Waals surface area contributed by atoms with Gasteiger partial charge < -0.3 is 0 Å². The zero-order valence-corrected chi connectivity index (χ0v) is 11.6. The molecule has 0 bridgehead atoms. The molecule has 1 N–H and O–H groups in total. The summed E-state index contributed by atoms with van der Waals surface area (Å²) in [5, 5.41) is 4.82. The molecular weight excluding hydrogens is 312 g/mol. The molecular formula is C12H7Cl3FN3. The van der Waals surface area contributed by atoms with E-state index in [1.807, 2.05) is 0 Å². The molecule has 0 fully saturated rings. The number of pyridine rings is 1. The molecule has 7 heteroatoms. The molecule has 0 aliphatic carbocycles. The maximum Gasteiger partial charge on any atom is 0.165 e. The van der Waals surface area contributed by atoms with Gasteiger partial charge in [-0.2, -0.15) is 5.10 Å². The van der Waals surface area contributed by atoms with Crippen LogP contribution in [0.3, 0.4) is 0 Å². The highest BCUT2D eigenvalue weighted by molar-refractivity contribution is 6.36. The molecule has 0 aliphatic heterocycles. The lowest BCUT2D eigenvalue weighted by Crippen LogP contribution is -1.96. The van der Waals surface area contributed by atoms with E-state index < -0.39 is 5.82 Å². The third-order valence-corrected chi connectivity index (χ3v) is 3.00. The molecule has 0 amide bonds. The lowest BCUT2D eigenvalue weighted by atomic mass is 10.2. The first kappa shape index (κ1) is 14.1. The number of hydrazone groups is 1. The molecule has 2 rings (SSSR count). The van der Waals surface area contributed by atoms with Crippen LogP contribution in [0.25, 0.3) is 0 Å². The van der Waals surface area contributed by atoms with Crippen molar-refractivity contribution in [2.75, 3.05) is 5.43 Å². The van der Waals surface area contributed by atoms with Crippen LogP contribution in [0.2, 0.25) is 15.1 Å². The van der Waals surface area contributed by atoms with Gasteiger partial charge in [0.2, 0.25) is 0 Å². The second kappa shape index (κ2) is 6.19. The van der Waals surface area contributed by atoms with E-state index in [1.54, 1.807) is 6.07 Å². The van der Waals surface area contributed by atoms with Crippen LogP contribution in [0, 0.1) is 5.82 Å². The highest BCUT2D eigenvalue weighted by atomic mass is 35.5. The summed E-state index contributed by atoms with van der Waals surface area (Å²) in [5.41, 5.74) is 2.77. The van der Waals surface area contributed by atoms with Crippen LogP contribution in [-0.2, 0) is 0 Å². The molecule has 0 atom stereocenters. The molecule has 0 unspecified atom stereocenters. The summed E-state index contributed by atoms with van der Waals surface area (Å²) < 4.78 is 13.4. The Hall–Kier alpha value is -1.36. The second-order valence-electron chi connectivity index (χ2n) is 3.49. The maximum atomic E-state index is 13.4. The Morgan fingerprint density at radius 2 is 2.00 bits per heavy atom. The molecule has 0 saturated heterocycles. The van der Waals surface area contributed by atoms with E-state index in [4.69, 9.17) is 34.8 Å². The number of rotatable bonds is 3. The molecule has 0 radical (unpaired) electrons. The van der Waals surface area contributed by atoms with E-state index in [0.717, 1.165) is 0 Å². The van der Waals surface area contributed by atoms with Crippen molar-refractivity contribution in [3.8, 4) is 0 Å². The number of hydrogen-bond acceptors (Lipinski definition) is 3. The van der Waals surface area contributed by atoms with Gasteiger partial charge in [0.25, 0.3) is 0 Å². The molecule has 3 nitrogen and oxygen atoms in total. The SMILES string of the molecule is Fc1cccc(Cl)c1/C=N\Nc1ncc(Cl)cc1Cl. The number of benzene rings is 1. The van der Waals surface area contributed by atoms with Crippen molar-refractivity contribution in [1.29, 1.82) is 0 Å². The molecule has 2 aromatic rings. The normalized spacial score (nSPS) is 10.9. The lowest BCUT2D eigenvalue weighted by molar-refractivity contribution is 0.626. The zero-order valence-electron chi connectivity index (χ0n) is 9.37. The minimum atomic E-state index is -0.465. The summed E-state index contributed by atoms with van der Waals surface area (Å²) in [6, 6.07) is 5.89. The Morgan fingerprint density at radius 3 is 2.68 bits per heavy atom. The van der Waals surface area contributed by atoms with Gasteiger partial charge in [0.1, 0.15) is 5.82 Å². The Kier molecular flexibility index (Phi) is 4.58. The fourth-order valence-corrected chi connectivity index (χ4v) is 1.92. The largest absolute Gasteiger partial charge is 0.260 e. The van der Waals surface area contributed by atoms with Crippen molar-refractivity contribution >= 4 is 46.8 Å². The molecule has 0 aliphatic rings. The smallest absolute Gasteiger partial charge is 0.165 e. The minimum Gasteiger partial charge on any atom is -0.260 e. The first-order valence-electron chi connectivity index (χ1n) is 5.12. The highest BCUT2D eigenvalue weighted by Gasteiger charge is 2.04. The summed E-state index contributed by atoms with van der Waals surface area (Å²) in [4.78, 5) is 3.94. The van der Waals surface area contributed by atoms with Gasteiger partial charge in [-0.15, -0.1) is 0 Å². The fourth-order valence-electron chi connectivity index (χ4n) is 1.29. The van der Waals surface area contributed by atoms with Crippen LogP contribution in [-0.4, -0.2) is 11.2 Å². The third kappa shape index (κ3) is 3.56. The molecule has 1 aromatic heterocycles. The van der Waals surface area contributed by atoms with Crippen molar-refractivity contribution < 1.29 is 4.39 Å². The van der Waals surface area contributed by atoms with Crippen molar-refractivity contribution in [2.24, 2.45) is 5.10 Å². The number of aromatic nitrogens is 1. The van der Waals surface area contributed by atoms with Crippen molar-refractivity contribution in [1.82, 2.24) is 4.98 Å².